The Hall–Kier alpha value is -3.26. The Morgan fingerprint density at radius 2 is 1.86 bits per heavy atom. The van der Waals surface area contributed by atoms with Gasteiger partial charge in [-0.1, -0.05) is 42.5 Å². The molecular weight excluding hydrogens is 472 g/mol. The summed E-state index contributed by atoms with van der Waals surface area (Å²) < 4.78 is 17.8. The van der Waals surface area contributed by atoms with Crippen molar-refractivity contribution in [1.29, 1.82) is 0 Å². The molecule has 8 heteroatoms. The highest BCUT2D eigenvalue weighted by atomic mass is 16.6. The van der Waals surface area contributed by atoms with Crippen LogP contribution in [0.3, 0.4) is 0 Å². The van der Waals surface area contributed by atoms with Gasteiger partial charge < -0.3 is 19.3 Å². The van der Waals surface area contributed by atoms with E-state index in [-0.39, 0.29) is 29.2 Å². The molecule has 0 radical (unpaired) electrons. The first-order chi connectivity index (χ1) is 17.4. The SMILES string of the molecule is CC(C)(C)OC(=O)N1CC[N+](Cc2ccccc2)(C(=O)O)C[C@H]1CCOc1cccc2c1OC(C)(C)C2. The van der Waals surface area contributed by atoms with Gasteiger partial charge in [-0.25, -0.2) is 9.28 Å². The van der Waals surface area contributed by atoms with Crippen LogP contribution in [0.15, 0.2) is 48.5 Å². The van der Waals surface area contributed by atoms with Gasteiger partial charge in [0, 0.05) is 24.0 Å². The molecule has 4 rings (SSSR count). The van der Waals surface area contributed by atoms with Crippen LogP contribution in [0.5, 0.6) is 11.5 Å². The van der Waals surface area contributed by atoms with Crippen LogP contribution in [0.4, 0.5) is 9.59 Å². The summed E-state index contributed by atoms with van der Waals surface area (Å²) in [7, 11) is 0. The van der Waals surface area contributed by atoms with Crippen molar-refractivity contribution >= 4 is 12.2 Å². The number of amides is 2. The molecule has 0 aliphatic carbocycles. The smallest absolute Gasteiger partial charge is 0.490 e. The van der Waals surface area contributed by atoms with Gasteiger partial charge in [-0.3, -0.25) is 4.90 Å². The summed E-state index contributed by atoms with van der Waals surface area (Å²) in [5.74, 6) is 1.44. The molecular formula is C29H39N2O6+. The average molecular weight is 512 g/mol. The maximum atomic E-state index is 13.1. The Labute approximate surface area is 219 Å². The van der Waals surface area contributed by atoms with Gasteiger partial charge in [0.15, 0.2) is 11.5 Å². The van der Waals surface area contributed by atoms with Crippen LogP contribution < -0.4 is 9.47 Å². The number of nitrogens with zero attached hydrogens (tertiary/aromatic N) is 2. The highest BCUT2D eigenvalue weighted by Gasteiger charge is 2.47. The molecule has 2 heterocycles. The van der Waals surface area contributed by atoms with Crippen LogP contribution in [-0.4, -0.2) is 70.2 Å². The molecule has 2 aromatic rings. The fraction of sp³-hybridized carbons (Fsp3) is 0.517. The van der Waals surface area contributed by atoms with Crippen molar-refractivity contribution in [3.63, 3.8) is 0 Å². The zero-order valence-electron chi connectivity index (χ0n) is 22.5. The lowest BCUT2D eigenvalue weighted by Crippen LogP contribution is -2.66. The van der Waals surface area contributed by atoms with Crippen molar-refractivity contribution in [2.24, 2.45) is 0 Å². The lowest BCUT2D eigenvalue weighted by molar-refractivity contribution is -0.878. The Morgan fingerprint density at radius 3 is 2.54 bits per heavy atom. The van der Waals surface area contributed by atoms with Gasteiger partial charge in [-0.2, -0.15) is 4.79 Å². The minimum absolute atomic E-state index is 0.147. The number of carbonyl (C=O) groups is 2. The van der Waals surface area contributed by atoms with E-state index in [9.17, 15) is 14.7 Å². The highest BCUT2D eigenvalue weighted by molar-refractivity contribution is 5.69. The topological polar surface area (TPSA) is 85.3 Å². The average Bonchev–Trinajstić information content (AvgIpc) is 3.13. The standard InChI is InChI=1S/C29H38N2O6/c1-28(2,3)37-26(32)30-15-16-31(27(33)34,19-21-10-7-6-8-11-21)20-23(30)14-17-35-24-13-9-12-22-18-29(4,5)36-25(22)24/h6-13,23H,14-20H2,1-5H3/p+1/t23-,31?/m1/s1. The van der Waals surface area contributed by atoms with Gasteiger partial charge in [-0.05, 0) is 40.7 Å². The van der Waals surface area contributed by atoms with Crippen molar-refractivity contribution in [2.75, 3.05) is 26.2 Å². The molecule has 2 atom stereocenters. The molecule has 1 unspecified atom stereocenters. The zero-order chi connectivity index (χ0) is 26.8. The first-order valence-corrected chi connectivity index (χ1v) is 12.9. The molecule has 0 saturated carbocycles. The number of benzene rings is 2. The summed E-state index contributed by atoms with van der Waals surface area (Å²) in [4.78, 5) is 27.4. The van der Waals surface area contributed by atoms with E-state index < -0.39 is 17.8 Å². The summed E-state index contributed by atoms with van der Waals surface area (Å²) in [6, 6.07) is 15.2. The zero-order valence-corrected chi connectivity index (χ0v) is 22.5. The summed E-state index contributed by atoms with van der Waals surface area (Å²) in [6.07, 6.45) is -0.0395. The molecule has 1 N–H and O–H groups in total. The second-order valence-electron chi connectivity index (χ2n) is 11.7. The lowest BCUT2D eigenvalue weighted by Gasteiger charge is -2.45. The van der Waals surface area contributed by atoms with Crippen LogP contribution >= 0.6 is 0 Å². The maximum absolute atomic E-state index is 13.1. The Bertz CT molecular complexity index is 1130. The predicted molar refractivity (Wildman–Crippen MR) is 140 cm³/mol. The number of hydrogen-bond acceptors (Lipinski definition) is 5. The number of carboxylic acid groups (broad SMARTS) is 1. The third-order valence-electron chi connectivity index (χ3n) is 6.90. The monoisotopic (exact) mass is 511 g/mol. The second-order valence-corrected chi connectivity index (χ2v) is 11.7. The minimum atomic E-state index is -0.893. The van der Waals surface area contributed by atoms with E-state index in [1.54, 1.807) is 4.90 Å². The number of hydrogen-bond donors (Lipinski definition) is 1. The molecule has 37 heavy (non-hydrogen) atoms. The number of quaternary nitrogens is 1. The molecule has 1 fully saturated rings. The quantitative estimate of drug-likeness (QED) is 0.517. The van der Waals surface area contributed by atoms with E-state index in [1.165, 1.54) is 0 Å². The Kier molecular flexibility index (Phi) is 7.42. The normalized spacial score (nSPS) is 22.6. The van der Waals surface area contributed by atoms with Crippen LogP contribution in [0.2, 0.25) is 0 Å². The molecule has 8 nitrogen and oxygen atoms in total. The fourth-order valence-corrected chi connectivity index (χ4v) is 5.21. The second kappa shape index (κ2) is 10.2. The molecule has 2 amide bonds. The number of carbonyl (C=O) groups excluding carboxylic acids is 1. The molecule has 2 aliphatic rings. The summed E-state index contributed by atoms with van der Waals surface area (Å²) >= 11 is 0. The fourth-order valence-electron chi connectivity index (χ4n) is 5.21. The molecule has 0 aromatic heterocycles. The first-order valence-electron chi connectivity index (χ1n) is 12.9. The molecule has 200 valence electrons. The Balaban J connectivity index is 1.52. The number of rotatable bonds is 6. The number of piperazine rings is 1. The lowest BCUT2D eigenvalue weighted by atomic mass is 10.0. The van der Waals surface area contributed by atoms with Crippen molar-refractivity contribution in [1.82, 2.24) is 4.90 Å². The number of ether oxygens (including phenoxy) is 3. The van der Waals surface area contributed by atoms with Gasteiger partial charge in [0.2, 0.25) is 0 Å². The van der Waals surface area contributed by atoms with Gasteiger partial charge in [-0.15, -0.1) is 0 Å². The Morgan fingerprint density at radius 1 is 1.14 bits per heavy atom. The van der Waals surface area contributed by atoms with Crippen LogP contribution in [0.25, 0.3) is 0 Å². The molecule has 0 spiro atoms. The maximum Gasteiger partial charge on any atom is 0.513 e. The van der Waals surface area contributed by atoms with Crippen LogP contribution in [-0.2, 0) is 17.7 Å². The molecule has 1 saturated heterocycles. The minimum Gasteiger partial charge on any atom is -0.490 e. The van der Waals surface area contributed by atoms with Gasteiger partial charge in [0.05, 0.1) is 19.2 Å². The van der Waals surface area contributed by atoms with Gasteiger partial charge in [0.25, 0.3) is 0 Å². The molecule has 2 aliphatic heterocycles. The highest BCUT2D eigenvalue weighted by Crippen LogP contribution is 2.41. The van der Waals surface area contributed by atoms with E-state index in [2.05, 4.69) is 0 Å². The summed E-state index contributed by atoms with van der Waals surface area (Å²) in [5, 5.41) is 10.3. The third-order valence-corrected chi connectivity index (χ3v) is 6.90. The largest absolute Gasteiger partial charge is 0.513 e. The van der Waals surface area contributed by atoms with Crippen LogP contribution in [0, 0.1) is 0 Å². The predicted octanol–water partition coefficient (Wildman–Crippen LogP) is 5.48. The third kappa shape index (κ3) is 6.36. The van der Waals surface area contributed by atoms with Crippen molar-refractivity contribution < 1.29 is 33.4 Å². The first kappa shape index (κ1) is 26.8. The number of fused-ring (bicyclic) bond motifs is 1. The van der Waals surface area contributed by atoms with E-state index in [0.717, 1.165) is 23.3 Å². The number of para-hydroxylation sites is 1. The summed E-state index contributed by atoms with van der Waals surface area (Å²) in [5.41, 5.74) is 1.13. The van der Waals surface area contributed by atoms with Crippen molar-refractivity contribution in [3.05, 3.63) is 59.7 Å². The van der Waals surface area contributed by atoms with E-state index in [1.807, 2.05) is 83.1 Å². The van der Waals surface area contributed by atoms with E-state index in [4.69, 9.17) is 14.2 Å². The van der Waals surface area contributed by atoms with Crippen LogP contribution in [0.1, 0.15) is 52.2 Å². The van der Waals surface area contributed by atoms with Crippen molar-refractivity contribution in [3.8, 4) is 11.5 Å². The van der Waals surface area contributed by atoms with Crippen molar-refractivity contribution in [2.45, 2.75) is 71.2 Å². The molecule has 2 aromatic carbocycles. The van der Waals surface area contributed by atoms with Gasteiger partial charge >= 0.3 is 12.2 Å². The molecule has 0 bridgehead atoms. The van der Waals surface area contributed by atoms with E-state index in [0.29, 0.717) is 31.9 Å². The van der Waals surface area contributed by atoms with E-state index >= 15 is 0 Å². The summed E-state index contributed by atoms with van der Waals surface area (Å²) in [6.45, 7) is 11.1. The van der Waals surface area contributed by atoms with Gasteiger partial charge in [0.1, 0.15) is 30.8 Å².